The van der Waals surface area contributed by atoms with Crippen LogP contribution in [0.3, 0.4) is 0 Å². The summed E-state index contributed by atoms with van der Waals surface area (Å²) in [6.07, 6.45) is -4.35. The van der Waals surface area contributed by atoms with Crippen molar-refractivity contribution in [3.05, 3.63) is 30.0 Å². The van der Waals surface area contributed by atoms with Crippen molar-refractivity contribution in [2.24, 2.45) is 0 Å². The Labute approximate surface area is 144 Å². The molecule has 0 spiro atoms. The van der Waals surface area contributed by atoms with Crippen molar-refractivity contribution in [2.45, 2.75) is 25.4 Å². The second kappa shape index (κ2) is 7.66. The number of furan rings is 1. The van der Waals surface area contributed by atoms with Gasteiger partial charge in [-0.15, -0.1) is 0 Å². The Morgan fingerprint density at radius 1 is 1.20 bits per heavy atom. The first kappa shape index (κ1) is 18.1. The van der Waals surface area contributed by atoms with Crippen LogP contribution in [0.5, 0.6) is 5.75 Å². The Bertz CT molecular complexity index is 692. The Morgan fingerprint density at radius 3 is 2.64 bits per heavy atom. The predicted molar refractivity (Wildman–Crippen MR) is 88.1 cm³/mol. The molecule has 1 aromatic heterocycles. The summed E-state index contributed by atoms with van der Waals surface area (Å²) in [6.45, 7) is 6.08. The minimum atomic E-state index is -4.31. The van der Waals surface area contributed by atoms with Gasteiger partial charge in [0.15, 0.2) is 0 Å². The van der Waals surface area contributed by atoms with Crippen molar-refractivity contribution in [3.8, 4) is 5.75 Å². The topological polar surface area (TPSA) is 34.8 Å². The quantitative estimate of drug-likeness (QED) is 0.776. The highest BCUT2D eigenvalue weighted by Gasteiger charge is 2.41. The van der Waals surface area contributed by atoms with Gasteiger partial charge in [0.2, 0.25) is 0 Å². The number of morpholine rings is 1. The van der Waals surface area contributed by atoms with Crippen LogP contribution in [0.25, 0.3) is 11.0 Å². The zero-order valence-corrected chi connectivity index (χ0v) is 14.1. The minimum Gasteiger partial charge on any atom is -0.492 e. The monoisotopic (exact) mass is 357 g/mol. The largest absolute Gasteiger partial charge is 0.492 e. The van der Waals surface area contributed by atoms with Gasteiger partial charge < -0.3 is 13.9 Å². The predicted octanol–water partition coefficient (Wildman–Crippen LogP) is 4.20. The molecule has 3 rings (SSSR count). The van der Waals surface area contributed by atoms with Gasteiger partial charge >= 0.3 is 6.18 Å². The molecular formula is C18H22F3NO3. The van der Waals surface area contributed by atoms with E-state index in [1.165, 1.54) is 13.0 Å². The Kier molecular flexibility index (Phi) is 5.54. The lowest BCUT2D eigenvalue weighted by atomic mass is 10.0. The van der Waals surface area contributed by atoms with Crippen molar-refractivity contribution < 1.29 is 27.1 Å². The molecule has 1 atom stereocenters. The molecule has 1 unspecified atom stereocenters. The molecule has 2 aromatic rings. The van der Waals surface area contributed by atoms with E-state index in [1.54, 1.807) is 18.2 Å². The molecule has 4 nitrogen and oxygen atoms in total. The van der Waals surface area contributed by atoms with Crippen LogP contribution in [0, 0.1) is 0 Å². The SMILES string of the molecule is CCC(c1cc2cc(OCCN3CCOCC3)ccc2o1)C(F)(F)F. The Hall–Kier alpha value is -1.73. The van der Waals surface area contributed by atoms with Crippen LogP contribution in [0.1, 0.15) is 25.0 Å². The molecule has 138 valence electrons. The number of halogens is 3. The fraction of sp³-hybridized carbons (Fsp3) is 0.556. The van der Waals surface area contributed by atoms with Gasteiger partial charge in [0, 0.05) is 25.0 Å². The van der Waals surface area contributed by atoms with Crippen LogP contribution in [0.15, 0.2) is 28.7 Å². The van der Waals surface area contributed by atoms with Gasteiger partial charge in [0.1, 0.15) is 29.6 Å². The molecule has 0 saturated carbocycles. The summed E-state index contributed by atoms with van der Waals surface area (Å²) in [5, 5.41) is 0.626. The van der Waals surface area contributed by atoms with Gasteiger partial charge in [-0.25, -0.2) is 0 Å². The number of hydrogen-bond acceptors (Lipinski definition) is 4. The van der Waals surface area contributed by atoms with Gasteiger partial charge in [-0.05, 0) is 30.7 Å². The van der Waals surface area contributed by atoms with Gasteiger partial charge in [0.05, 0.1) is 13.2 Å². The average Bonchev–Trinajstić information content (AvgIpc) is 2.97. The summed E-state index contributed by atoms with van der Waals surface area (Å²) in [5.74, 6) is -0.991. The van der Waals surface area contributed by atoms with E-state index >= 15 is 0 Å². The smallest absolute Gasteiger partial charge is 0.398 e. The summed E-state index contributed by atoms with van der Waals surface area (Å²) >= 11 is 0. The highest BCUT2D eigenvalue weighted by Crippen LogP contribution is 2.39. The molecule has 1 fully saturated rings. The van der Waals surface area contributed by atoms with E-state index in [0.717, 1.165) is 32.8 Å². The Morgan fingerprint density at radius 2 is 1.96 bits per heavy atom. The van der Waals surface area contributed by atoms with E-state index in [9.17, 15) is 13.2 Å². The van der Waals surface area contributed by atoms with Crippen molar-refractivity contribution in [2.75, 3.05) is 39.5 Å². The standard InChI is InChI=1S/C18H22F3NO3/c1-2-15(18(19,20)21)17-12-13-11-14(3-4-16(13)25-17)24-10-7-22-5-8-23-9-6-22/h3-4,11-12,15H,2,5-10H2,1H3. The number of ether oxygens (including phenoxy) is 2. The fourth-order valence-corrected chi connectivity index (χ4v) is 3.01. The maximum atomic E-state index is 13.1. The van der Waals surface area contributed by atoms with Gasteiger partial charge in [-0.1, -0.05) is 6.92 Å². The molecule has 7 heteroatoms. The van der Waals surface area contributed by atoms with Crippen molar-refractivity contribution >= 4 is 11.0 Å². The number of alkyl halides is 3. The highest BCUT2D eigenvalue weighted by molar-refractivity contribution is 5.79. The highest BCUT2D eigenvalue weighted by atomic mass is 19.4. The number of hydrogen-bond donors (Lipinski definition) is 0. The lowest BCUT2D eigenvalue weighted by molar-refractivity contribution is -0.154. The van der Waals surface area contributed by atoms with Crippen LogP contribution in [0.4, 0.5) is 13.2 Å². The fourth-order valence-electron chi connectivity index (χ4n) is 3.01. The third-order valence-electron chi connectivity index (χ3n) is 4.43. The maximum absolute atomic E-state index is 13.1. The molecule has 1 aromatic carbocycles. The molecule has 0 radical (unpaired) electrons. The van der Waals surface area contributed by atoms with Crippen molar-refractivity contribution in [1.29, 1.82) is 0 Å². The van der Waals surface area contributed by atoms with Crippen molar-refractivity contribution in [3.63, 3.8) is 0 Å². The maximum Gasteiger partial charge on any atom is 0.398 e. The molecule has 1 aliphatic heterocycles. The van der Waals surface area contributed by atoms with E-state index in [2.05, 4.69) is 4.90 Å². The average molecular weight is 357 g/mol. The summed E-state index contributed by atoms with van der Waals surface area (Å²) < 4.78 is 55.6. The molecule has 2 heterocycles. The second-order valence-electron chi connectivity index (χ2n) is 6.15. The first-order chi connectivity index (χ1) is 12.0. The number of nitrogens with zero attached hydrogens (tertiary/aromatic N) is 1. The lowest BCUT2D eigenvalue weighted by Gasteiger charge is -2.26. The van der Waals surface area contributed by atoms with Gasteiger partial charge in [-0.3, -0.25) is 4.90 Å². The number of rotatable bonds is 6. The molecule has 25 heavy (non-hydrogen) atoms. The molecular weight excluding hydrogens is 335 g/mol. The molecule has 0 bridgehead atoms. The van der Waals surface area contributed by atoms with Crippen LogP contribution in [0.2, 0.25) is 0 Å². The first-order valence-corrected chi connectivity index (χ1v) is 8.50. The van der Waals surface area contributed by atoms with Crippen LogP contribution >= 0.6 is 0 Å². The zero-order valence-electron chi connectivity index (χ0n) is 14.1. The second-order valence-corrected chi connectivity index (χ2v) is 6.15. The molecule has 1 saturated heterocycles. The van der Waals surface area contributed by atoms with E-state index in [1.807, 2.05) is 0 Å². The van der Waals surface area contributed by atoms with Crippen LogP contribution in [-0.2, 0) is 4.74 Å². The van der Waals surface area contributed by atoms with E-state index < -0.39 is 12.1 Å². The van der Waals surface area contributed by atoms with Gasteiger partial charge in [0.25, 0.3) is 0 Å². The summed E-state index contributed by atoms with van der Waals surface area (Å²) in [4.78, 5) is 2.26. The summed E-state index contributed by atoms with van der Waals surface area (Å²) in [5.41, 5.74) is 0.443. The summed E-state index contributed by atoms with van der Waals surface area (Å²) in [6, 6.07) is 6.58. The van der Waals surface area contributed by atoms with E-state index in [0.29, 0.717) is 23.3 Å². The van der Waals surface area contributed by atoms with Crippen LogP contribution in [-0.4, -0.2) is 50.5 Å². The lowest BCUT2D eigenvalue weighted by Crippen LogP contribution is -2.38. The molecule has 0 aliphatic carbocycles. The van der Waals surface area contributed by atoms with E-state index in [-0.39, 0.29) is 12.2 Å². The number of benzene rings is 1. The first-order valence-electron chi connectivity index (χ1n) is 8.50. The Balaban J connectivity index is 1.65. The molecule has 0 N–H and O–H groups in total. The van der Waals surface area contributed by atoms with Crippen molar-refractivity contribution in [1.82, 2.24) is 4.90 Å². The molecule has 1 aliphatic rings. The van der Waals surface area contributed by atoms with E-state index in [4.69, 9.17) is 13.9 Å². The van der Waals surface area contributed by atoms with Crippen LogP contribution < -0.4 is 4.74 Å². The normalized spacial score (nSPS) is 17.8. The zero-order chi connectivity index (χ0) is 17.9. The third-order valence-corrected chi connectivity index (χ3v) is 4.43. The third kappa shape index (κ3) is 4.46. The number of fused-ring (bicyclic) bond motifs is 1. The summed E-state index contributed by atoms with van der Waals surface area (Å²) in [7, 11) is 0. The molecule has 0 amide bonds. The minimum absolute atomic E-state index is 0.0459. The van der Waals surface area contributed by atoms with Gasteiger partial charge in [-0.2, -0.15) is 13.2 Å².